The SMILES string of the molecule is N#Cc1sc(NC(=O)[C@H]2CC[C@H](C(=O)O)CC2)nc1-c1cccc(Cl)c1. The number of nitrogens with zero attached hydrogens (tertiary/aromatic N) is 2. The molecule has 0 radical (unpaired) electrons. The number of amides is 1. The molecule has 26 heavy (non-hydrogen) atoms. The maximum atomic E-state index is 12.4. The van der Waals surface area contributed by atoms with Gasteiger partial charge in [0.05, 0.1) is 5.92 Å². The summed E-state index contributed by atoms with van der Waals surface area (Å²) in [5, 5.41) is 22.1. The summed E-state index contributed by atoms with van der Waals surface area (Å²) in [6.07, 6.45) is 2.09. The maximum Gasteiger partial charge on any atom is 0.306 e. The van der Waals surface area contributed by atoms with Crippen LogP contribution in [0.1, 0.15) is 30.6 Å². The Kier molecular flexibility index (Phi) is 5.55. The van der Waals surface area contributed by atoms with Gasteiger partial charge in [-0.25, -0.2) is 4.98 Å². The van der Waals surface area contributed by atoms with Crippen LogP contribution in [-0.4, -0.2) is 22.0 Å². The highest BCUT2D eigenvalue weighted by molar-refractivity contribution is 7.16. The molecule has 1 heterocycles. The maximum absolute atomic E-state index is 12.4. The van der Waals surface area contributed by atoms with E-state index in [1.807, 2.05) is 0 Å². The highest BCUT2D eigenvalue weighted by Gasteiger charge is 2.30. The first-order chi connectivity index (χ1) is 12.5. The number of thiazole rings is 1. The summed E-state index contributed by atoms with van der Waals surface area (Å²) in [6.45, 7) is 0. The topological polar surface area (TPSA) is 103 Å². The number of hydrogen-bond acceptors (Lipinski definition) is 5. The number of hydrogen-bond donors (Lipinski definition) is 2. The van der Waals surface area contributed by atoms with Crippen molar-refractivity contribution >= 4 is 39.9 Å². The molecule has 0 saturated heterocycles. The molecule has 1 aromatic heterocycles. The zero-order valence-electron chi connectivity index (χ0n) is 13.7. The number of benzene rings is 1. The fourth-order valence-electron chi connectivity index (χ4n) is 3.09. The normalized spacial score (nSPS) is 19.5. The standard InChI is InChI=1S/C18H16ClN3O3S/c19-13-3-1-2-12(8-13)15-14(9-20)26-18(21-15)22-16(23)10-4-6-11(7-5-10)17(24)25/h1-3,8,10-11H,4-7H2,(H,24,25)(H,21,22,23)/t10-,11-. The van der Waals surface area contributed by atoms with Crippen LogP contribution >= 0.6 is 22.9 Å². The number of carbonyl (C=O) groups excluding carboxylic acids is 1. The number of aromatic nitrogens is 1. The minimum Gasteiger partial charge on any atom is -0.481 e. The molecule has 1 aliphatic carbocycles. The number of nitrogens with one attached hydrogen (secondary N) is 1. The van der Waals surface area contributed by atoms with Gasteiger partial charge in [-0.2, -0.15) is 5.26 Å². The van der Waals surface area contributed by atoms with E-state index in [0.717, 1.165) is 11.3 Å². The number of halogens is 1. The molecule has 8 heteroatoms. The molecule has 1 amide bonds. The van der Waals surface area contributed by atoms with Crippen molar-refractivity contribution < 1.29 is 14.7 Å². The summed E-state index contributed by atoms with van der Waals surface area (Å²) in [7, 11) is 0. The molecule has 1 saturated carbocycles. The highest BCUT2D eigenvalue weighted by Crippen LogP contribution is 2.33. The lowest BCUT2D eigenvalue weighted by atomic mass is 9.81. The lowest BCUT2D eigenvalue weighted by molar-refractivity contribution is -0.143. The quantitative estimate of drug-likeness (QED) is 0.816. The van der Waals surface area contributed by atoms with Crippen LogP contribution < -0.4 is 5.32 Å². The van der Waals surface area contributed by atoms with Gasteiger partial charge in [-0.15, -0.1) is 0 Å². The fraction of sp³-hybridized carbons (Fsp3) is 0.333. The Labute approximate surface area is 159 Å². The average molecular weight is 390 g/mol. The molecule has 2 aromatic rings. The molecule has 0 spiro atoms. The van der Waals surface area contributed by atoms with Gasteiger partial charge < -0.3 is 10.4 Å². The van der Waals surface area contributed by atoms with Gasteiger partial charge in [0.25, 0.3) is 0 Å². The Hall–Kier alpha value is -2.43. The molecule has 0 bridgehead atoms. The van der Waals surface area contributed by atoms with E-state index in [1.54, 1.807) is 24.3 Å². The van der Waals surface area contributed by atoms with E-state index in [1.165, 1.54) is 0 Å². The van der Waals surface area contributed by atoms with Crippen LogP contribution in [-0.2, 0) is 9.59 Å². The van der Waals surface area contributed by atoms with Crippen molar-refractivity contribution in [2.45, 2.75) is 25.7 Å². The number of carbonyl (C=O) groups is 2. The van der Waals surface area contributed by atoms with E-state index in [4.69, 9.17) is 16.7 Å². The molecular weight excluding hydrogens is 374 g/mol. The van der Waals surface area contributed by atoms with E-state index in [-0.39, 0.29) is 17.7 Å². The Morgan fingerprint density at radius 2 is 1.96 bits per heavy atom. The van der Waals surface area contributed by atoms with Crippen LogP contribution in [0.5, 0.6) is 0 Å². The van der Waals surface area contributed by atoms with Crippen molar-refractivity contribution in [3.8, 4) is 17.3 Å². The van der Waals surface area contributed by atoms with Gasteiger partial charge in [-0.3, -0.25) is 9.59 Å². The van der Waals surface area contributed by atoms with Crippen LogP contribution in [0, 0.1) is 23.2 Å². The Morgan fingerprint density at radius 1 is 1.27 bits per heavy atom. The second kappa shape index (κ2) is 7.85. The van der Waals surface area contributed by atoms with Crippen LogP contribution in [0.25, 0.3) is 11.3 Å². The third kappa shape index (κ3) is 4.03. The fourth-order valence-corrected chi connectivity index (χ4v) is 4.07. The number of anilines is 1. The lowest BCUT2D eigenvalue weighted by Gasteiger charge is -2.24. The van der Waals surface area contributed by atoms with Gasteiger partial charge in [0, 0.05) is 16.5 Å². The van der Waals surface area contributed by atoms with Crippen LogP contribution in [0.3, 0.4) is 0 Å². The molecule has 3 rings (SSSR count). The van der Waals surface area contributed by atoms with Crippen LogP contribution in [0.4, 0.5) is 5.13 Å². The summed E-state index contributed by atoms with van der Waals surface area (Å²) in [5.74, 6) is -1.56. The zero-order valence-corrected chi connectivity index (χ0v) is 15.3. The summed E-state index contributed by atoms with van der Waals surface area (Å²) in [6, 6.07) is 9.14. The number of nitriles is 1. The van der Waals surface area contributed by atoms with Crippen molar-refractivity contribution in [1.29, 1.82) is 5.26 Å². The summed E-state index contributed by atoms with van der Waals surface area (Å²) in [4.78, 5) is 28.2. The third-order valence-corrected chi connectivity index (χ3v) is 5.61. The van der Waals surface area contributed by atoms with E-state index in [9.17, 15) is 14.9 Å². The first-order valence-electron chi connectivity index (χ1n) is 8.18. The van der Waals surface area contributed by atoms with E-state index >= 15 is 0 Å². The average Bonchev–Trinajstić information content (AvgIpc) is 3.04. The van der Waals surface area contributed by atoms with Crippen molar-refractivity contribution in [3.63, 3.8) is 0 Å². The second-order valence-corrected chi connectivity index (χ2v) is 7.63. The van der Waals surface area contributed by atoms with E-state index < -0.39 is 5.97 Å². The minimum absolute atomic E-state index is 0.176. The van der Waals surface area contributed by atoms with Crippen LogP contribution in [0.2, 0.25) is 5.02 Å². The Bertz CT molecular complexity index is 882. The van der Waals surface area contributed by atoms with Crippen molar-refractivity contribution in [3.05, 3.63) is 34.2 Å². The minimum atomic E-state index is -0.798. The molecule has 0 aliphatic heterocycles. The third-order valence-electron chi connectivity index (χ3n) is 4.50. The molecular formula is C18H16ClN3O3S. The van der Waals surface area contributed by atoms with Crippen molar-refractivity contribution in [1.82, 2.24) is 4.98 Å². The van der Waals surface area contributed by atoms with Gasteiger partial charge >= 0.3 is 5.97 Å². The van der Waals surface area contributed by atoms with Gasteiger partial charge in [-0.05, 0) is 37.8 Å². The molecule has 2 N–H and O–H groups in total. The Balaban J connectivity index is 1.72. The first-order valence-corrected chi connectivity index (χ1v) is 9.38. The molecule has 1 fully saturated rings. The van der Waals surface area contributed by atoms with Crippen molar-refractivity contribution in [2.75, 3.05) is 5.32 Å². The lowest BCUT2D eigenvalue weighted by Crippen LogP contribution is -2.29. The van der Waals surface area contributed by atoms with Gasteiger partial charge in [0.1, 0.15) is 16.6 Å². The number of rotatable bonds is 4. The number of carboxylic acids is 1. The molecule has 0 atom stereocenters. The summed E-state index contributed by atoms with van der Waals surface area (Å²) < 4.78 is 0. The number of carboxylic acid groups (broad SMARTS) is 1. The first kappa shape index (κ1) is 18.4. The van der Waals surface area contributed by atoms with E-state index in [2.05, 4.69) is 16.4 Å². The Morgan fingerprint density at radius 3 is 2.58 bits per heavy atom. The van der Waals surface area contributed by atoms with Gasteiger partial charge in [-0.1, -0.05) is 35.1 Å². The molecule has 1 aliphatic rings. The monoisotopic (exact) mass is 389 g/mol. The smallest absolute Gasteiger partial charge is 0.306 e. The summed E-state index contributed by atoms with van der Waals surface area (Å²) >= 11 is 7.11. The summed E-state index contributed by atoms with van der Waals surface area (Å²) in [5.41, 5.74) is 1.21. The predicted octanol–water partition coefficient (Wildman–Crippen LogP) is 4.16. The predicted molar refractivity (Wildman–Crippen MR) is 99.0 cm³/mol. The van der Waals surface area contributed by atoms with E-state index in [0.29, 0.717) is 52.0 Å². The highest BCUT2D eigenvalue weighted by atomic mass is 35.5. The molecule has 0 unspecified atom stereocenters. The van der Waals surface area contributed by atoms with Crippen molar-refractivity contribution in [2.24, 2.45) is 11.8 Å². The van der Waals surface area contributed by atoms with Crippen LogP contribution in [0.15, 0.2) is 24.3 Å². The molecule has 6 nitrogen and oxygen atoms in total. The molecule has 1 aromatic carbocycles. The van der Waals surface area contributed by atoms with Gasteiger partial charge in [0.15, 0.2) is 5.13 Å². The number of aliphatic carboxylic acids is 1. The largest absolute Gasteiger partial charge is 0.481 e. The second-order valence-electron chi connectivity index (χ2n) is 6.19. The molecule has 134 valence electrons. The zero-order chi connectivity index (χ0) is 18.7. The van der Waals surface area contributed by atoms with Gasteiger partial charge in [0.2, 0.25) is 5.91 Å².